The lowest BCUT2D eigenvalue weighted by Crippen LogP contribution is -2.26. The van der Waals surface area contributed by atoms with E-state index in [1.165, 1.54) is 6.07 Å². The number of hydrogen-bond acceptors (Lipinski definition) is 3. The van der Waals surface area contributed by atoms with Crippen LogP contribution in [0.2, 0.25) is 0 Å². The molecule has 1 aromatic carbocycles. The summed E-state index contributed by atoms with van der Waals surface area (Å²) in [6, 6.07) is 3.76. The highest BCUT2D eigenvalue weighted by Gasteiger charge is 2.23. The molecule has 4 nitrogen and oxygen atoms in total. The number of nitrogens with zero attached hydrogens (tertiary/aromatic N) is 2. The van der Waals surface area contributed by atoms with Gasteiger partial charge in [0, 0.05) is 25.1 Å². The standard InChI is InChI=1S/C15H12F2N2O2/c16-12-2-1-9(3-13(12)17)6-19-7-11-4-10(15(20)21)5-14(11)18-8-19/h1-4,8H,5-7H2,(H,20,21). The Kier molecular flexibility index (Phi) is 3.29. The van der Waals surface area contributed by atoms with Crippen molar-refractivity contribution in [1.82, 2.24) is 4.90 Å². The molecule has 2 aliphatic rings. The number of carboxylic acid groups (broad SMARTS) is 1. The highest BCUT2D eigenvalue weighted by atomic mass is 19.2. The summed E-state index contributed by atoms with van der Waals surface area (Å²) < 4.78 is 26.1. The Labute approximate surface area is 119 Å². The van der Waals surface area contributed by atoms with E-state index in [0.29, 0.717) is 30.6 Å². The Balaban J connectivity index is 1.71. The first-order valence-corrected chi connectivity index (χ1v) is 6.41. The number of hydrogen-bond donors (Lipinski definition) is 1. The molecule has 1 aromatic rings. The first kappa shape index (κ1) is 13.5. The van der Waals surface area contributed by atoms with Gasteiger partial charge < -0.3 is 10.0 Å². The third kappa shape index (κ3) is 2.69. The number of carboxylic acids is 1. The van der Waals surface area contributed by atoms with E-state index in [4.69, 9.17) is 5.11 Å². The molecule has 0 fully saturated rings. The number of allylic oxidation sites excluding steroid dienone is 1. The highest BCUT2D eigenvalue weighted by molar-refractivity contribution is 5.89. The van der Waals surface area contributed by atoms with Crippen LogP contribution < -0.4 is 0 Å². The van der Waals surface area contributed by atoms with Crippen molar-refractivity contribution >= 4 is 12.3 Å². The molecule has 3 rings (SSSR count). The summed E-state index contributed by atoms with van der Waals surface area (Å²) in [5.41, 5.74) is 2.57. The minimum absolute atomic E-state index is 0.326. The van der Waals surface area contributed by atoms with Crippen molar-refractivity contribution in [1.29, 1.82) is 0 Å². The Hall–Kier alpha value is -2.50. The minimum atomic E-state index is -0.938. The van der Waals surface area contributed by atoms with Crippen LogP contribution in [0.5, 0.6) is 0 Å². The lowest BCUT2D eigenvalue weighted by atomic mass is 10.1. The van der Waals surface area contributed by atoms with E-state index < -0.39 is 17.6 Å². The normalized spacial score (nSPS) is 17.0. The van der Waals surface area contributed by atoms with Crippen LogP contribution in [0.3, 0.4) is 0 Å². The first-order valence-electron chi connectivity index (χ1n) is 6.41. The maximum Gasteiger partial charge on any atom is 0.331 e. The number of halogens is 2. The van der Waals surface area contributed by atoms with Crippen LogP contribution >= 0.6 is 0 Å². The predicted molar refractivity (Wildman–Crippen MR) is 72.6 cm³/mol. The summed E-state index contributed by atoms with van der Waals surface area (Å²) in [6.45, 7) is 0.891. The molecule has 0 atom stereocenters. The van der Waals surface area contributed by atoms with Crippen molar-refractivity contribution in [3.63, 3.8) is 0 Å². The van der Waals surface area contributed by atoms with Gasteiger partial charge in [0.1, 0.15) is 0 Å². The van der Waals surface area contributed by atoms with Gasteiger partial charge >= 0.3 is 5.97 Å². The van der Waals surface area contributed by atoms with Crippen LogP contribution in [0.1, 0.15) is 12.0 Å². The monoisotopic (exact) mass is 290 g/mol. The summed E-state index contributed by atoms with van der Waals surface area (Å²) in [6.07, 6.45) is 3.57. The molecule has 1 aliphatic carbocycles. The molecule has 1 N–H and O–H groups in total. The molecule has 0 radical (unpaired) electrons. The fraction of sp³-hybridized carbons (Fsp3) is 0.200. The van der Waals surface area contributed by atoms with E-state index in [-0.39, 0.29) is 0 Å². The van der Waals surface area contributed by atoms with Crippen molar-refractivity contribution in [3.05, 3.63) is 58.3 Å². The maximum absolute atomic E-state index is 13.2. The zero-order valence-corrected chi connectivity index (χ0v) is 11.0. The number of carbonyl (C=O) groups is 1. The number of aliphatic imine (C=N–C) groups is 1. The summed E-state index contributed by atoms with van der Waals surface area (Å²) in [4.78, 5) is 17.0. The molecule has 1 heterocycles. The van der Waals surface area contributed by atoms with E-state index in [0.717, 1.165) is 23.4 Å². The second-order valence-corrected chi connectivity index (χ2v) is 5.02. The zero-order valence-electron chi connectivity index (χ0n) is 11.0. The quantitative estimate of drug-likeness (QED) is 0.930. The van der Waals surface area contributed by atoms with Crippen LogP contribution in [-0.2, 0) is 11.3 Å². The zero-order chi connectivity index (χ0) is 15.0. The topological polar surface area (TPSA) is 52.9 Å². The SMILES string of the molecule is O=C(O)C1=CC2=C(C1)N=CN(Cc1ccc(F)c(F)c1)C2. The molecule has 0 unspecified atom stereocenters. The van der Waals surface area contributed by atoms with Gasteiger partial charge in [-0.1, -0.05) is 6.07 Å². The van der Waals surface area contributed by atoms with E-state index in [9.17, 15) is 13.6 Å². The van der Waals surface area contributed by atoms with Crippen LogP contribution in [-0.4, -0.2) is 28.9 Å². The van der Waals surface area contributed by atoms with Gasteiger partial charge in [0.05, 0.1) is 12.0 Å². The molecule has 6 heteroatoms. The van der Waals surface area contributed by atoms with E-state index >= 15 is 0 Å². The molecule has 108 valence electrons. The molecule has 0 bridgehead atoms. The van der Waals surface area contributed by atoms with Crippen molar-refractivity contribution in [2.75, 3.05) is 6.54 Å². The second-order valence-electron chi connectivity index (χ2n) is 5.02. The van der Waals surface area contributed by atoms with Gasteiger partial charge in [0.2, 0.25) is 0 Å². The van der Waals surface area contributed by atoms with Gasteiger partial charge in [-0.25, -0.2) is 18.6 Å². The molecule has 1 aliphatic heterocycles. The van der Waals surface area contributed by atoms with Crippen molar-refractivity contribution in [2.45, 2.75) is 13.0 Å². The molecule has 0 saturated heterocycles. The maximum atomic E-state index is 13.2. The highest BCUT2D eigenvalue weighted by Crippen LogP contribution is 2.29. The fourth-order valence-electron chi connectivity index (χ4n) is 2.42. The van der Waals surface area contributed by atoms with Gasteiger partial charge in [-0.2, -0.15) is 0 Å². The van der Waals surface area contributed by atoms with Crippen molar-refractivity contribution in [2.24, 2.45) is 4.99 Å². The third-order valence-corrected chi connectivity index (χ3v) is 3.47. The van der Waals surface area contributed by atoms with Crippen LogP contribution in [0.4, 0.5) is 8.78 Å². The molecule has 0 saturated carbocycles. The van der Waals surface area contributed by atoms with E-state index in [1.54, 1.807) is 12.4 Å². The lowest BCUT2D eigenvalue weighted by molar-refractivity contribution is -0.132. The van der Waals surface area contributed by atoms with Crippen LogP contribution in [0.25, 0.3) is 0 Å². The van der Waals surface area contributed by atoms with E-state index in [1.807, 2.05) is 4.90 Å². The Morgan fingerprint density at radius 3 is 2.86 bits per heavy atom. The number of benzene rings is 1. The second kappa shape index (κ2) is 5.12. The van der Waals surface area contributed by atoms with Gasteiger partial charge in [-0.3, -0.25) is 0 Å². The first-order chi connectivity index (χ1) is 10.0. The predicted octanol–water partition coefficient (Wildman–Crippen LogP) is 2.48. The molecule has 0 spiro atoms. The van der Waals surface area contributed by atoms with E-state index in [2.05, 4.69) is 4.99 Å². The van der Waals surface area contributed by atoms with Crippen LogP contribution in [0.15, 0.2) is 46.1 Å². The molecule has 21 heavy (non-hydrogen) atoms. The largest absolute Gasteiger partial charge is 0.478 e. The lowest BCUT2D eigenvalue weighted by Gasteiger charge is -2.23. The van der Waals surface area contributed by atoms with Crippen LogP contribution in [0, 0.1) is 11.6 Å². The average molecular weight is 290 g/mol. The number of rotatable bonds is 3. The smallest absolute Gasteiger partial charge is 0.331 e. The van der Waals surface area contributed by atoms with Crippen molar-refractivity contribution in [3.8, 4) is 0 Å². The molecular weight excluding hydrogens is 278 g/mol. The van der Waals surface area contributed by atoms with Crippen molar-refractivity contribution < 1.29 is 18.7 Å². The summed E-state index contributed by atoms with van der Waals surface area (Å²) in [5.74, 6) is -2.69. The minimum Gasteiger partial charge on any atom is -0.478 e. The van der Waals surface area contributed by atoms with Gasteiger partial charge in [0.15, 0.2) is 11.6 Å². The fourth-order valence-corrected chi connectivity index (χ4v) is 2.42. The molecular formula is C15H12F2N2O2. The summed E-state index contributed by atoms with van der Waals surface area (Å²) >= 11 is 0. The molecule has 0 amide bonds. The number of aliphatic carboxylic acids is 1. The Morgan fingerprint density at radius 2 is 2.14 bits per heavy atom. The molecule has 0 aromatic heterocycles. The van der Waals surface area contributed by atoms with Gasteiger partial charge in [-0.15, -0.1) is 0 Å². The third-order valence-electron chi connectivity index (χ3n) is 3.47. The van der Waals surface area contributed by atoms with Gasteiger partial charge in [-0.05, 0) is 29.3 Å². The average Bonchev–Trinajstić information content (AvgIpc) is 2.86. The Bertz CT molecular complexity index is 708. The Morgan fingerprint density at radius 1 is 1.33 bits per heavy atom. The summed E-state index contributed by atoms with van der Waals surface area (Å²) in [5, 5.41) is 8.98. The summed E-state index contributed by atoms with van der Waals surface area (Å²) in [7, 11) is 0. The van der Waals surface area contributed by atoms with Gasteiger partial charge in [0.25, 0.3) is 0 Å².